The van der Waals surface area contributed by atoms with Crippen LogP contribution >= 0.6 is 0 Å². The zero-order chi connectivity index (χ0) is 42.6. The number of rotatable bonds is 7. The van der Waals surface area contributed by atoms with Gasteiger partial charge in [-0.05, 0) is 62.8 Å². The number of nitrogens with one attached hydrogen (secondary N) is 3. The molecule has 19 heteroatoms. The number of fused-ring (bicyclic) bond motifs is 5. The molecule has 2 aliphatic carbocycles. The van der Waals surface area contributed by atoms with Gasteiger partial charge in [-0.1, -0.05) is 49.3 Å². The highest BCUT2D eigenvalue weighted by Crippen LogP contribution is 2.46. The van der Waals surface area contributed by atoms with E-state index in [-0.39, 0.29) is 48.7 Å². The van der Waals surface area contributed by atoms with Crippen molar-refractivity contribution in [2.24, 2.45) is 5.92 Å². The van der Waals surface area contributed by atoms with Crippen molar-refractivity contribution in [3.05, 3.63) is 66.2 Å². The molecule has 1 saturated heterocycles. The molecule has 0 unspecified atom stereocenters. The number of allylic oxidation sites excluding steroid dienone is 1. The van der Waals surface area contributed by atoms with Crippen LogP contribution < -0.4 is 20.1 Å². The van der Waals surface area contributed by atoms with Crippen LogP contribution in [0.25, 0.3) is 33.5 Å². The van der Waals surface area contributed by atoms with Crippen molar-refractivity contribution < 1.29 is 49.9 Å². The van der Waals surface area contributed by atoms with Gasteiger partial charge in [0.25, 0.3) is 11.8 Å². The van der Waals surface area contributed by atoms with E-state index in [2.05, 4.69) is 25.3 Å². The lowest BCUT2D eigenvalue weighted by Gasteiger charge is -2.30. The van der Waals surface area contributed by atoms with Gasteiger partial charge in [0.1, 0.15) is 34.8 Å². The number of alkyl halides is 3. The third-order valence-electron chi connectivity index (χ3n) is 11.5. The maximum Gasteiger partial charge on any atom is 0.416 e. The molecule has 3 fully saturated rings. The number of nitrogens with zero attached hydrogens (tertiary/aromatic N) is 4. The molecule has 5 atom stereocenters. The lowest BCUT2D eigenvalue weighted by Crippen LogP contribution is -2.58. The minimum absolute atomic E-state index is 0.0350. The molecule has 2 saturated carbocycles. The first-order valence-corrected chi connectivity index (χ1v) is 21.5. The largest absolute Gasteiger partial charge is 0.470 e. The number of amides is 5. The molecule has 4 heterocycles. The van der Waals surface area contributed by atoms with Crippen LogP contribution in [0.3, 0.4) is 0 Å². The van der Waals surface area contributed by atoms with E-state index in [0.29, 0.717) is 42.2 Å². The fourth-order valence-electron chi connectivity index (χ4n) is 7.87. The van der Waals surface area contributed by atoms with Crippen molar-refractivity contribution in [1.82, 2.24) is 35.1 Å². The third kappa shape index (κ3) is 8.23. The van der Waals surface area contributed by atoms with Gasteiger partial charge in [0.2, 0.25) is 27.4 Å². The molecule has 0 spiro atoms. The summed E-state index contributed by atoms with van der Waals surface area (Å²) in [5, 5.41) is 5.52. The minimum Gasteiger partial charge on any atom is -0.470 e. The quantitative estimate of drug-likeness (QED) is 0.212. The van der Waals surface area contributed by atoms with Crippen molar-refractivity contribution >= 4 is 55.8 Å². The Labute approximate surface area is 343 Å². The van der Waals surface area contributed by atoms with Crippen molar-refractivity contribution in [3.63, 3.8) is 0 Å². The van der Waals surface area contributed by atoms with Crippen LogP contribution in [0.4, 0.5) is 18.0 Å². The van der Waals surface area contributed by atoms with Gasteiger partial charge in [-0.25, -0.2) is 18.2 Å². The Kier molecular flexibility index (Phi) is 10.7. The number of halogens is 3. The second-order valence-electron chi connectivity index (χ2n) is 16.1. The van der Waals surface area contributed by atoms with E-state index in [4.69, 9.17) is 9.15 Å². The van der Waals surface area contributed by atoms with Crippen LogP contribution in [0.1, 0.15) is 63.4 Å². The average molecular weight is 852 g/mol. The van der Waals surface area contributed by atoms with E-state index in [9.17, 15) is 40.8 Å². The second kappa shape index (κ2) is 15.7. The Hall–Kier alpha value is -5.72. The van der Waals surface area contributed by atoms with Gasteiger partial charge in [0.15, 0.2) is 5.82 Å². The summed E-state index contributed by atoms with van der Waals surface area (Å²) >= 11 is 0. The fourth-order valence-corrected chi connectivity index (χ4v) is 9.23. The average Bonchev–Trinajstić information content (AvgIpc) is 4.11. The Bertz CT molecular complexity index is 2490. The van der Waals surface area contributed by atoms with Crippen molar-refractivity contribution in [2.75, 3.05) is 20.6 Å². The highest BCUT2D eigenvalue weighted by atomic mass is 32.2. The van der Waals surface area contributed by atoms with Gasteiger partial charge in [0.05, 0.1) is 17.4 Å². The molecule has 0 bridgehead atoms. The summed E-state index contributed by atoms with van der Waals surface area (Å²) in [6, 6.07) is 8.53. The molecule has 4 aromatic rings. The van der Waals surface area contributed by atoms with Crippen LogP contribution in [0.5, 0.6) is 5.88 Å². The lowest BCUT2D eigenvalue weighted by molar-refractivity contribution is -0.141. The standard InChI is InChI=1S/C41H44F3N7O8S/c1-50(2)39(55)45-29-12-7-5-3-4-6-10-25-21-40(25,38(54)49-60(56,57)27-18-19-27)48-35(52)30-20-26(22-51(30)37(29)53)58-36-33-32(28-11-8-9-13-31(28)59-33)46-34(47-36)23-14-16-24(17-15-23)41(42,43)44/h6,8-11,13-17,25-27,29-30H,3-5,7,12,18-22H2,1-2H3,(H,45,55)(H,48,52)(H,49,54)/t25-,26-,29+,30+,40-/m1/s1. The summed E-state index contributed by atoms with van der Waals surface area (Å²) in [4.78, 5) is 67.6. The normalized spacial score (nSPS) is 25.1. The topological polar surface area (TPSA) is 193 Å². The Balaban J connectivity index is 1.15. The van der Waals surface area contributed by atoms with Gasteiger partial charge in [-0.3, -0.25) is 19.1 Å². The summed E-state index contributed by atoms with van der Waals surface area (Å²) in [5.74, 6) is -2.69. The van der Waals surface area contributed by atoms with E-state index < -0.39 is 80.4 Å². The van der Waals surface area contributed by atoms with E-state index >= 15 is 0 Å². The summed E-state index contributed by atoms with van der Waals surface area (Å²) in [6.45, 7) is -0.175. The van der Waals surface area contributed by atoms with Crippen LogP contribution in [0, 0.1) is 5.92 Å². The Morgan fingerprint density at radius 3 is 2.48 bits per heavy atom. The lowest BCUT2D eigenvalue weighted by atomic mass is 10.0. The Morgan fingerprint density at radius 2 is 1.77 bits per heavy atom. The van der Waals surface area contributed by atoms with Crippen molar-refractivity contribution in [2.45, 2.75) is 92.9 Å². The molecule has 15 nitrogen and oxygen atoms in total. The number of urea groups is 1. The Morgan fingerprint density at radius 1 is 1.02 bits per heavy atom. The number of hydrogen-bond donors (Lipinski definition) is 3. The van der Waals surface area contributed by atoms with E-state index in [0.717, 1.165) is 25.0 Å². The van der Waals surface area contributed by atoms with Gasteiger partial charge >= 0.3 is 12.2 Å². The van der Waals surface area contributed by atoms with Crippen LogP contribution in [0.15, 0.2) is 65.1 Å². The molecule has 60 heavy (non-hydrogen) atoms. The molecule has 4 aliphatic rings. The van der Waals surface area contributed by atoms with E-state index in [1.165, 1.54) is 36.0 Å². The molecular weight excluding hydrogens is 808 g/mol. The van der Waals surface area contributed by atoms with Crippen molar-refractivity contribution in [3.8, 4) is 17.3 Å². The molecule has 2 aromatic heterocycles. The molecule has 5 amide bonds. The fraction of sp³-hybridized carbons (Fsp3) is 0.463. The number of furan rings is 1. The number of ether oxygens (including phenoxy) is 1. The molecule has 8 rings (SSSR count). The highest BCUT2D eigenvalue weighted by molar-refractivity contribution is 7.91. The van der Waals surface area contributed by atoms with Crippen molar-refractivity contribution in [1.29, 1.82) is 0 Å². The molecule has 2 aliphatic heterocycles. The summed E-state index contributed by atoms with van der Waals surface area (Å²) < 4.78 is 80.9. The zero-order valence-corrected chi connectivity index (χ0v) is 33.6. The number of para-hydroxylation sites is 1. The van der Waals surface area contributed by atoms with Crippen LogP contribution in [-0.2, 0) is 30.6 Å². The number of carbonyl (C=O) groups excluding carboxylic acids is 4. The van der Waals surface area contributed by atoms with Gasteiger partial charge in [-0.15, -0.1) is 0 Å². The number of aromatic nitrogens is 2. The third-order valence-corrected chi connectivity index (χ3v) is 13.3. The second-order valence-corrected chi connectivity index (χ2v) is 18.1. The predicted octanol–water partition coefficient (Wildman–Crippen LogP) is 5.05. The SMILES string of the molecule is CN(C)C(=O)N[C@H]1CCCCCC=C[C@@H]2C[C@@]2(C(=O)NS(=O)(=O)C2CC2)NC(=O)[C@@H]2C[C@@H](Oc3nc(-c4ccc(C(F)(F)F)cc4)nc4c3oc3ccccc34)CN2C1=O. The zero-order valence-electron chi connectivity index (χ0n) is 32.8. The summed E-state index contributed by atoms with van der Waals surface area (Å²) in [5.41, 5.74) is -1.31. The first-order chi connectivity index (χ1) is 28.5. The van der Waals surface area contributed by atoms with E-state index in [1.807, 2.05) is 12.2 Å². The number of benzene rings is 2. The maximum atomic E-state index is 14.6. The van der Waals surface area contributed by atoms with Gasteiger partial charge in [0, 0.05) is 37.4 Å². The van der Waals surface area contributed by atoms with Gasteiger partial charge in [-0.2, -0.15) is 18.2 Å². The number of carbonyl (C=O) groups is 4. The van der Waals surface area contributed by atoms with Gasteiger partial charge < -0.3 is 29.6 Å². The van der Waals surface area contributed by atoms with Crippen LogP contribution in [0.2, 0.25) is 0 Å². The summed E-state index contributed by atoms with van der Waals surface area (Å²) in [6.07, 6.45) is 2.07. The van der Waals surface area contributed by atoms with E-state index in [1.54, 1.807) is 24.3 Å². The highest BCUT2D eigenvalue weighted by Gasteiger charge is 2.62. The number of hydrogen-bond acceptors (Lipinski definition) is 10. The molecule has 318 valence electrons. The number of sulfonamides is 1. The summed E-state index contributed by atoms with van der Waals surface area (Å²) in [7, 11) is -0.889. The molecule has 0 radical (unpaired) electrons. The first kappa shape index (κ1) is 41.0. The molecule has 2 aromatic carbocycles. The maximum absolute atomic E-state index is 14.6. The minimum atomic E-state index is -4.56. The van der Waals surface area contributed by atoms with Crippen LogP contribution in [-0.4, -0.2) is 102 Å². The first-order valence-electron chi connectivity index (χ1n) is 19.9. The monoisotopic (exact) mass is 851 g/mol. The molecular formula is C41H44F3N7O8S. The molecule has 3 N–H and O–H groups in total. The smallest absolute Gasteiger partial charge is 0.416 e. The predicted molar refractivity (Wildman–Crippen MR) is 212 cm³/mol.